The maximum atomic E-state index is 14.6. The zero-order valence-corrected chi connectivity index (χ0v) is 21.2. The Morgan fingerprint density at radius 2 is 1.71 bits per heavy atom. The van der Waals surface area contributed by atoms with Crippen molar-refractivity contribution in [3.8, 4) is 0 Å². The molecule has 10 nitrogen and oxygen atoms in total. The fraction of sp³-hybridized carbons (Fsp3) is 0.217. The quantitative estimate of drug-likeness (QED) is 0.324. The molecule has 1 aromatic heterocycles. The largest absolute Gasteiger partial charge is 0.421 e. The molecule has 0 radical (unpaired) electrons. The summed E-state index contributed by atoms with van der Waals surface area (Å²) in [6.07, 6.45) is -5.28. The Hall–Kier alpha value is -3.82. The monoisotopic (exact) mass is 567 g/mol. The van der Waals surface area contributed by atoms with Crippen molar-refractivity contribution in [2.45, 2.75) is 36.5 Å². The number of aromatic nitrogens is 2. The summed E-state index contributed by atoms with van der Waals surface area (Å²) >= 11 is 5.14. The number of alkyl halides is 3. The van der Waals surface area contributed by atoms with Crippen LogP contribution in [0, 0.1) is 4.77 Å². The van der Waals surface area contributed by atoms with Gasteiger partial charge in [0.15, 0.2) is 4.77 Å². The van der Waals surface area contributed by atoms with Crippen LogP contribution in [0.4, 0.5) is 24.7 Å². The molecule has 0 aliphatic carbocycles. The number of benzene rings is 2. The highest BCUT2D eigenvalue weighted by atomic mass is 32.2. The molecule has 1 aliphatic rings. The van der Waals surface area contributed by atoms with Crippen LogP contribution in [0.3, 0.4) is 0 Å². The second-order valence-corrected chi connectivity index (χ2v) is 10.5. The number of nitrogens with zero attached hydrogens (tertiary/aromatic N) is 1. The number of anilines is 2. The molecule has 0 saturated heterocycles. The van der Waals surface area contributed by atoms with E-state index >= 15 is 0 Å². The Labute approximate surface area is 218 Å². The van der Waals surface area contributed by atoms with Crippen molar-refractivity contribution in [3.63, 3.8) is 0 Å². The van der Waals surface area contributed by atoms with Crippen LogP contribution in [0.5, 0.6) is 0 Å². The van der Waals surface area contributed by atoms with Crippen LogP contribution in [-0.2, 0) is 38.1 Å². The van der Waals surface area contributed by atoms with Crippen LogP contribution >= 0.6 is 12.2 Å². The second-order valence-electron chi connectivity index (χ2n) is 8.38. The van der Waals surface area contributed by atoms with Crippen LogP contribution in [-0.4, -0.2) is 36.0 Å². The van der Waals surface area contributed by atoms with Crippen molar-refractivity contribution >= 4 is 45.6 Å². The fourth-order valence-corrected chi connectivity index (χ4v) is 5.67. The van der Waals surface area contributed by atoms with Crippen molar-refractivity contribution in [3.05, 3.63) is 80.8 Å². The number of amides is 2. The normalized spacial score (nSPS) is 17.1. The average molecular weight is 568 g/mol. The average Bonchev–Trinajstić information content (AvgIpc) is 3.12. The van der Waals surface area contributed by atoms with Gasteiger partial charge in [-0.3, -0.25) is 19.4 Å². The summed E-state index contributed by atoms with van der Waals surface area (Å²) in [4.78, 5) is 38.5. The number of sulfonamides is 1. The predicted octanol–water partition coefficient (Wildman–Crippen LogP) is 2.80. The second kappa shape index (κ2) is 9.81. The summed E-state index contributed by atoms with van der Waals surface area (Å²) in [6.45, 7) is 1.20. The zero-order chi connectivity index (χ0) is 27.9. The number of H-pyrrole nitrogens is 1. The molecule has 0 fully saturated rings. The van der Waals surface area contributed by atoms with Crippen molar-refractivity contribution in [2.75, 3.05) is 10.6 Å². The van der Waals surface area contributed by atoms with Gasteiger partial charge in [-0.25, -0.2) is 8.42 Å². The number of aryl methyl sites for hydroxylation is 1. The molecule has 3 aromatic rings. The van der Waals surface area contributed by atoms with Gasteiger partial charge in [-0.2, -0.15) is 17.9 Å². The molecule has 0 saturated carbocycles. The van der Waals surface area contributed by atoms with E-state index in [0.29, 0.717) is 0 Å². The van der Waals surface area contributed by atoms with Crippen molar-refractivity contribution in [1.29, 1.82) is 0 Å². The number of aromatic amines is 1. The standard InChI is InChI=1S/C23H20F3N5O5S2/c1-13(32)27-15-7-9-16(10-8-15)38(35,36)30-22(23(24,25)26)17-18(28-20(22)34)31(21(37)29-19(17)33)12-11-14-5-3-2-4-6-14/h2-10,30H,11-12H2,1H3,(H,27,32)(H,28,34)(H,29,33,37)/t22-/m0/s1. The van der Waals surface area contributed by atoms with E-state index in [0.717, 1.165) is 34.4 Å². The molecular weight excluding hydrogens is 547 g/mol. The van der Waals surface area contributed by atoms with E-state index in [2.05, 4.69) is 10.3 Å². The van der Waals surface area contributed by atoms with Gasteiger partial charge < -0.3 is 15.2 Å². The number of halogens is 3. The molecule has 1 atom stereocenters. The molecule has 15 heteroatoms. The minimum absolute atomic E-state index is 0.0203. The van der Waals surface area contributed by atoms with Gasteiger partial charge in [-0.05, 0) is 48.5 Å². The number of carbonyl (C=O) groups excluding carboxylic acids is 2. The Kier molecular flexibility index (Phi) is 7.03. The molecule has 4 rings (SSSR count). The first-order chi connectivity index (χ1) is 17.8. The number of rotatable bonds is 7. The highest BCUT2D eigenvalue weighted by molar-refractivity contribution is 7.89. The minimum Gasteiger partial charge on any atom is -0.326 e. The van der Waals surface area contributed by atoms with E-state index in [-0.39, 0.29) is 23.4 Å². The number of carbonyl (C=O) groups is 2. The molecule has 4 N–H and O–H groups in total. The first-order valence-corrected chi connectivity index (χ1v) is 12.9. The molecule has 200 valence electrons. The van der Waals surface area contributed by atoms with Crippen LogP contribution in [0.1, 0.15) is 18.1 Å². The maximum absolute atomic E-state index is 14.6. The van der Waals surface area contributed by atoms with Crippen LogP contribution in [0.25, 0.3) is 0 Å². The van der Waals surface area contributed by atoms with Gasteiger partial charge in [0.1, 0.15) is 5.82 Å². The lowest BCUT2D eigenvalue weighted by Crippen LogP contribution is -2.61. The highest BCUT2D eigenvalue weighted by Crippen LogP contribution is 2.46. The van der Waals surface area contributed by atoms with E-state index in [1.54, 1.807) is 30.3 Å². The molecule has 0 unspecified atom stereocenters. The lowest BCUT2D eigenvalue weighted by atomic mass is 9.93. The van der Waals surface area contributed by atoms with Gasteiger partial charge in [-0.1, -0.05) is 30.3 Å². The van der Waals surface area contributed by atoms with E-state index < -0.39 is 55.4 Å². The van der Waals surface area contributed by atoms with Crippen LogP contribution < -0.4 is 20.9 Å². The van der Waals surface area contributed by atoms with Gasteiger partial charge in [0, 0.05) is 19.2 Å². The van der Waals surface area contributed by atoms with Gasteiger partial charge in [-0.15, -0.1) is 0 Å². The lowest BCUT2D eigenvalue weighted by Gasteiger charge is -2.29. The smallest absolute Gasteiger partial charge is 0.326 e. The first-order valence-electron chi connectivity index (χ1n) is 11.0. The molecule has 2 heterocycles. The summed E-state index contributed by atoms with van der Waals surface area (Å²) in [5.41, 5.74) is -5.48. The van der Waals surface area contributed by atoms with Gasteiger partial charge in [0.2, 0.25) is 21.5 Å². The predicted molar refractivity (Wildman–Crippen MR) is 133 cm³/mol. The topological polar surface area (TPSA) is 142 Å². The molecule has 2 amide bonds. The number of fused-ring (bicyclic) bond motifs is 1. The lowest BCUT2D eigenvalue weighted by molar-refractivity contribution is -0.194. The Balaban J connectivity index is 1.81. The van der Waals surface area contributed by atoms with E-state index in [1.807, 2.05) is 5.32 Å². The SMILES string of the molecule is CC(=O)Nc1ccc(S(=O)(=O)N[C@]2(C(F)(F)F)C(=O)Nc3c2c(=O)[nH]c(=S)n3CCc2ccccc2)cc1. The van der Waals surface area contributed by atoms with E-state index in [9.17, 15) is 36.0 Å². The van der Waals surface area contributed by atoms with Gasteiger partial charge in [0.25, 0.3) is 11.5 Å². The molecule has 1 aliphatic heterocycles. The summed E-state index contributed by atoms with van der Waals surface area (Å²) in [7, 11) is -5.03. The molecule has 0 spiro atoms. The third kappa shape index (κ3) is 4.87. The van der Waals surface area contributed by atoms with Crippen LogP contribution in [0.2, 0.25) is 0 Å². The van der Waals surface area contributed by atoms with Crippen molar-refractivity contribution in [2.24, 2.45) is 0 Å². The zero-order valence-electron chi connectivity index (χ0n) is 19.5. The van der Waals surface area contributed by atoms with Crippen LogP contribution in [0.15, 0.2) is 64.3 Å². The first kappa shape index (κ1) is 27.2. The summed E-state index contributed by atoms with van der Waals surface area (Å²) in [6, 6.07) is 13.1. The Bertz CT molecular complexity index is 1640. The van der Waals surface area contributed by atoms with Crippen molar-refractivity contribution < 1.29 is 31.2 Å². The molecule has 38 heavy (non-hydrogen) atoms. The number of hydrogen-bond donors (Lipinski definition) is 4. The molecule has 2 aromatic carbocycles. The Morgan fingerprint density at radius 3 is 2.29 bits per heavy atom. The Morgan fingerprint density at radius 1 is 1.08 bits per heavy atom. The van der Waals surface area contributed by atoms with Gasteiger partial charge >= 0.3 is 6.18 Å². The summed E-state index contributed by atoms with van der Waals surface area (Å²) in [5.74, 6) is -2.81. The van der Waals surface area contributed by atoms with E-state index in [1.165, 1.54) is 11.6 Å². The molecule has 0 bridgehead atoms. The summed E-state index contributed by atoms with van der Waals surface area (Å²) < 4.78 is 72.4. The van der Waals surface area contributed by atoms with Crippen molar-refractivity contribution in [1.82, 2.24) is 14.3 Å². The number of nitrogens with one attached hydrogen (secondary N) is 4. The fourth-order valence-electron chi connectivity index (χ4n) is 4.07. The number of hydrogen-bond acceptors (Lipinski definition) is 6. The van der Waals surface area contributed by atoms with Gasteiger partial charge in [0.05, 0.1) is 10.5 Å². The van der Waals surface area contributed by atoms with E-state index in [4.69, 9.17) is 12.2 Å². The maximum Gasteiger partial charge on any atom is 0.421 e. The third-order valence-electron chi connectivity index (χ3n) is 5.81. The third-order valence-corrected chi connectivity index (χ3v) is 7.60. The minimum atomic E-state index is -5.57. The molecular formula is C23H20F3N5O5S2. The summed E-state index contributed by atoms with van der Waals surface area (Å²) in [5, 5.41) is 4.42. The highest BCUT2D eigenvalue weighted by Gasteiger charge is 2.69.